The number of benzene rings is 1. The van der Waals surface area contributed by atoms with Crippen LogP contribution in [0, 0.1) is 6.92 Å². The molecule has 3 rings (SSSR count). The lowest BCUT2D eigenvalue weighted by molar-refractivity contribution is -0.135. The number of piperidine rings is 1. The van der Waals surface area contributed by atoms with E-state index < -0.39 is 0 Å². The zero-order chi connectivity index (χ0) is 13.4. The Morgan fingerprint density at radius 1 is 1.32 bits per heavy atom. The van der Waals surface area contributed by atoms with E-state index in [0.717, 1.165) is 24.9 Å². The molecule has 0 aliphatic carbocycles. The summed E-state index contributed by atoms with van der Waals surface area (Å²) in [7, 11) is 0. The van der Waals surface area contributed by atoms with Crippen molar-refractivity contribution in [3.63, 3.8) is 0 Å². The van der Waals surface area contributed by atoms with Gasteiger partial charge in [0.25, 0.3) is 0 Å². The Bertz CT molecular complexity index is 614. The van der Waals surface area contributed by atoms with Gasteiger partial charge < -0.3 is 9.88 Å². The van der Waals surface area contributed by atoms with E-state index >= 15 is 0 Å². The highest BCUT2D eigenvalue weighted by Crippen LogP contribution is 2.30. The number of carbonyl (C=O) groups is 1. The second-order valence-electron chi connectivity index (χ2n) is 5.51. The molecule has 0 saturated carbocycles. The standard InChI is InChI=1S/C16H20N2O/c1-11-6-7-15-13(9-11)14(10-17-15)12(2)18-8-4-3-5-16(18)19/h6-7,9-10,12,17H,3-5,8H2,1-2H3. The molecule has 1 aromatic carbocycles. The third-order valence-electron chi connectivity index (χ3n) is 4.15. The quantitative estimate of drug-likeness (QED) is 0.876. The van der Waals surface area contributed by atoms with E-state index in [2.05, 4.69) is 43.2 Å². The topological polar surface area (TPSA) is 36.1 Å². The van der Waals surface area contributed by atoms with E-state index in [9.17, 15) is 4.79 Å². The van der Waals surface area contributed by atoms with Crippen LogP contribution in [-0.4, -0.2) is 22.3 Å². The molecule has 3 nitrogen and oxygen atoms in total. The fourth-order valence-corrected chi connectivity index (χ4v) is 3.01. The van der Waals surface area contributed by atoms with Crippen LogP contribution in [0.4, 0.5) is 0 Å². The Kier molecular flexibility index (Phi) is 3.05. The number of H-pyrrole nitrogens is 1. The fourth-order valence-electron chi connectivity index (χ4n) is 3.01. The molecular formula is C16H20N2O. The molecule has 1 amide bonds. The average molecular weight is 256 g/mol. The highest BCUT2D eigenvalue weighted by atomic mass is 16.2. The summed E-state index contributed by atoms with van der Waals surface area (Å²) in [5.74, 6) is 0.292. The summed E-state index contributed by atoms with van der Waals surface area (Å²) in [6.07, 6.45) is 4.91. The first kappa shape index (κ1) is 12.3. The number of hydrogen-bond acceptors (Lipinski definition) is 1. The van der Waals surface area contributed by atoms with Gasteiger partial charge in [-0.3, -0.25) is 4.79 Å². The van der Waals surface area contributed by atoms with Crippen molar-refractivity contribution in [2.45, 2.75) is 39.2 Å². The predicted octanol–water partition coefficient (Wildman–Crippen LogP) is 3.55. The molecule has 1 aliphatic rings. The van der Waals surface area contributed by atoms with Crippen LogP contribution in [0.1, 0.15) is 43.4 Å². The molecule has 1 aliphatic heterocycles. The van der Waals surface area contributed by atoms with Gasteiger partial charge in [-0.25, -0.2) is 0 Å². The van der Waals surface area contributed by atoms with Crippen molar-refractivity contribution in [2.75, 3.05) is 6.54 Å². The van der Waals surface area contributed by atoms with Crippen LogP contribution >= 0.6 is 0 Å². The zero-order valence-corrected chi connectivity index (χ0v) is 11.6. The van der Waals surface area contributed by atoms with Crippen molar-refractivity contribution >= 4 is 16.8 Å². The van der Waals surface area contributed by atoms with Crippen molar-refractivity contribution in [1.29, 1.82) is 0 Å². The minimum Gasteiger partial charge on any atom is -0.361 e. The van der Waals surface area contributed by atoms with Gasteiger partial charge in [-0.05, 0) is 44.4 Å². The smallest absolute Gasteiger partial charge is 0.223 e. The molecular weight excluding hydrogens is 236 g/mol. The molecule has 1 fully saturated rings. The largest absolute Gasteiger partial charge is 0.361 e. The van der Waals surface area contributed by atoms with Gasteiger partial charge in [-0.15, -0.1) is 0 Å². The van der Waals surface area contributed by atoms with Crippen LogP contribution in [0.3, 0.4) is 0 Å². The normalized spacial score (nSPS) is 18.0. The van der Waals surface area contributed by atoms with Crippen LogP contribution in [0.25, 0.3) is 10.9 Å². The molecule has 1 aromatic heterocycles. The Labute approximate surface area is 113 Å². The minimum atomic E-state index is 0.156. The third-order valence-corrected chi connectivity index (χ3v) is 4.15. The number of nitrogens with zero attached hydrogens (tertiary/aromatic N) is 1. The molecule has 1 atom stereocenters. The van der Waals surface area contributed by atoms with Crippen molar-refractivity contribution < 1.29 is 4.79 Å². The predicted molar refractivity (Wildman–Crippen MR) is 77.0 cm³/mol. The van der Waals surface area contributed by atoms with Gasteiger partial charge in [0, 0.05) is 30.1 Å². The average Bonchev–Trinajstić information content (AvgIpc) is 2.81. The SMILES string of the molecule is Cc1ccc2[nH]cc(C(C)N3CCCCC3=O)c2c1. The van der Waals surface area contributed by atoms with E-state index in [1.807, 2.05) is 4.90 Å². The second kappa shape index (κ2) is 4.72. The van der Waals surface area contributed by atoms with Crippen LogP contribution < -0.4 is 0 Å². The summed E-state index contributed by atoms with van der Waals surface area (Å²) in [5, 5.41) is 1.24. The van der Waals surface area contributed by atoms with E-state index in [-0.39, 0.29) is 6.04 Å². The van der Waals surface area contributed by atoms with Crippen LogP contribution in [0.15, 0.2) is 24.4 Å². The number of amides is 1. The number of rotatable bonds is 2. The maximum Gasteiger partial charge on any atom is 0.223 e. The molecule has 0 bridgehead atoms. The number of hydrogen-bond donors (Lipinski definition) is 1. The molecule has 0 spiro atoms. The van der Waals surface area contributed by atoms with E-state index in [0.29, 0.717) is 12.3 Å². The Hall–Kier alpha value is -1.77. The lowest BCUT2D eigenvalue weighted by Crippen LogP contribution is -2.37. The molecule has 0 radical (unpaired) electrons. The molecule has 1 saturated heterocycles. The summed E-state index contributed by atoms with van der Waals surface area (Å²) in [4.78, 5) is 17.4. The van der Waals surface area contributed by atoms with E-state index in [1.54, 1.807) is 0 Å². The molecule has 1 unspecified atom stereocenters. The molecule has 2 heterocycles. The minimum absolute atomic E-state index is 0.156. The van der Waals surface area contributed by atoms with Crippen molar-refractivity contribution in [1.82, 2.24) is 9.88 Å². The number of nitrogens with one attached hydrogen (secondary N) is 1. The van der Waals surface area contributed by atoms with Crippen LogP contribution in [-0.2, 0) is 4.79 Å². The second-order valence-corrected chi connectivity index (χ2v) is 5.51. The fraction of sp³-hybridized carbons (Fsp3) is 0.438. The Balaban J connectivity index is 1.99. The lowest BCUT2D eigenvalue weighted by atomic mass is 10.0. The first-order valence-electron chi connectivity index (χ1n) is 7.04. The van der Waals surface area contributed by atoms with Gasteiger partial charge in [0.15, 0.2) is 0 Å². The maximum absolute atomic E-state index is 12.0. The van der Waals surface area contributed by atoms with Crippen LogP contribution in [0.5, 0.6) is 0 Å². The summed E-state index contributed by atoms with van der Waals surface area (Å²) >= 11 is 0. The number of likely N-dealkylation sites (tertiary alicyclic amines) is 1. The summed E-state index contributed by atoms with van der Waals surface area (Å²) in [6.45, 7) is 5.12. The summed E-state index contributed by atoms with van der Waals surface area (Å²) in [6, 6.07) is 6.58. The molecule has 19 heavy (non-hydrogen) atoms. The summed E-state index contributed by atoms with van der Waals surface area (Å²) < 4.78 is 0. The number of fused-ring (bicyclic) bond motifs is 1. The number of aryl methyl sites for hydroxylation is 1. The highest BCUT2D eigenvalue weighted by molar-refractivity contribution is 5.85. The van der Waals surface area contributed by atoms with Crippen molar-refractivity contribution in [2.24, 2.45) is 0 Å². The molecule has 1 N–H and O–H groups in total. The zero-order valence-electron chi connectivity index (χ0n) is 11.6. The molecule has 3 heteroatoms. The number of carbonyl (C=O) groups excluding carboxylic acids is 1. The van der Waals surface area contributed by atoms with Gasteiger partial charge in [-0.1, -0.05) is 11.6 Å². The van der Waals surface area contributed by atoms with Gasteiger partial charge in [-0.2, -0.15) is 0 Å². The molecule has 2 aromatic rings. The number of aromatic amines is 1. The van der Waals surface area contributed by atoms with E-state index in [1.165, 1.54) is 16.5 Å². The van der Waals surface area contributed by atoms with Gasteiger partial charge >= 0.3 is 0 Å². The maximum atomic E-state index is 12.0. The van der Waals surface area contributed by atoms with Gasteiger partial charge in [0.2, 0.25) is 5.91 Å². The lowest BCUT2D eigenvalue weighted by Gasteiger charge is -2.32. The van der Waals surface area contributed by atoms with E-state index in [4.69, 9.17) is 0 Å². The molecule has 100 valence electrons. The Morgan fingerprint density at radius 3 is 2.95 bits per heavy atom. The van der Waals surface area contributed by atoms with Gasteiger partial charge in [0.1, 0.15) is 0 Å². The Morgan fingerprint density at radius 2 is 2.16 bits per heavy atom. The van der Waals surface area contributed by atoms with Crippen LogP contribution in [0.2, 0.25) is 0 Å². The first-order chi connectivity index (χ1) is 9.16. The monoisotopic (exact) mass is 256 g/mol. The summed E-state index contributed by atoms with van der Waals surface area (Å²) in [5.41, 5.74) is 3.64. The van der Waals surface area contributed by atoms with Gasteiger partial charge in [0.05, 0.1) is 6.04 Å². The van der Waals surface area contributed by atoms with Crippen molar-refractivity contribution in [3.05, 3.63) is 35.5 Å². The highest BCUT2D eigenvalue weighted by Gasteiger charge is 2.25. The number of aromatic nitrogens is 1. The third kappa shape index (κ3) is 2.14. The first-order valence-corrected chi connectivity index (χ1v) is 7.04. The van der Waals surface area contributed by atoms with Crippen molar-refractivity contribution in [3.8, 4) is 0 Å².